The van der Waals surface area contributed by atoms with Gasteiger partial charge in [0.15, 0.2) is 6.61 Å². The number of nitrogens with zero attached hydrogens (tertiary/aromatic N) is 2. The van der Waals surface area contributed by atoms with Crippen LogP contribution in [-0.4, -0.2) is 59.8 Å². The van der Waals surface area contributed by atoms with Crippen LogP contribution >= 0.6 is 0 Å². The number of rotatable bonds is 9. The molecule has 4 rings (SSSR count). The summed E-state index contributed by atoms with van der Waals surface area (Å²) >= 11 is 0. The third kappa shape index (κ3) is 6.16. The minimum atomic E-state index is -0.0536. The van der Waals surface area contributed by atoms with E-state index in [9.17, 15) is 14.4 Å². The lowest BCUT2D eigenvalue weighted by molar-refractivity contribution is -0.136. The average Bonchev–Trinajstić information content (AvgIpc) is 3.72. The van der Waals surface area contributed by atoms with Gasteiger partial charge in [-0.25, -0.2) is 0 Å². The Hall–Kier alpha value is -3.35. The van der Waals surface area contributed by atoms with Gasteiger partial charge in [-0.15, -0.1) is 0 Å². The van der Waals surface area contributed by atoms with Gasteiger partial charge in [-0.3, -0.25) is 14.4 Å². The number of hydrogen-bond acceptors (Lipinski definition) is 4. The van der Waals surface area contributed by atoms with Gasteiger partial charge >= 0.3 is 0 Å². The quantitative estimate of drug-likeness (QED) is 0.611. The highest BCUT2D eigenvalue weighted by molar-refractivity contribution is 5.94. The normalized spacial score (nSPS) is 16.1. The number of amides is 3. The second kappa shape index (κ2) is 11.2. The molecule has 0 spiro atoms. The molecule has 1 saturated heterocycles. The highest BCUT2D eigenvalue weighted by Crippen LogP contribution is 2.30. The number of benzene rings is 2. The molecule has 1 aliphatic carbocycles. The van der Waals surface area contributed by atoms with Crippen LogP contribution in [-0.2, 0) is 9.59 Å². The fourth-order valence-corrected chi connectivity index (χ4v) is 4.38. The topological polar surface area (TPSA) is 79.0 Å². The summed E-state index contributed by atoms with van der Waals surface area (Å²) in [5, 5.41) is 2.91. The maximum Gasteiger partial charge on any atom is 0.260 e. The summed E-state index contributed by atoms with van der Waals surface area (Å²) in [5.41, 5.74) is 1.38. The van der Waals surface area contributed by atoms with Crippen LogP contribution in [0, 0.1) is 5.92 Å². The first-order valence-corrected chi connectivity index (χ1v) is 12.2. The molecule has 0 atom stereocenters. The number of carbonyl (C=O) groups is 3. The average molecular weight is 464 g/mol. The van der Waals surface area contributed by atoms with Crippen LogP contribution in [0.25, 0.3) is 0 Å². The van der Waals surface area contributed by atoms with Crippen LogP contribution in [0.3, 0.4) is 0 Å². The fraction of sp³-hybridized carbons (Fsp3) is 0.444. The van der Waals surface area contributed by atoms with Crippen LogP contribution < -0.4 is 10.1 Å². The van der Waals surface area contributed by atoms with E-state index in [-0.39, 0.29) is 36.3 Å². The molecule has 180 valence electrons. The van der Waals surface area contributed by atoms with Crippen molar-refractivity contribution in [3.05, 3.63) is 60.2 Å². The third-order valence-electron chi connectivity index (χ3n) is 6.41. The molecule has 2 aromatic carbocycles. The SMILES string of the molecule is CCCN(C(=O)COc1cccc(NC(=O)C2CC2)c1)C1CCN(C(=O)c2ccccc2)CC1. The molecule has 2 aliphatic rings. The molecule has 1 aliphatic heterocycles. The molecule has 0 radical (unpaired) electrons. The Labute approximate surface area is 201 Å². The number of piperidine rings is 1. The predicted octanol–water partition coefficient (Wildman–Crippen LogP) is 3.96. The molecule has 3 amide bonds. The lowest BCUT2D eigenvalue weighted by atomic mass is 10.0. The van der Waals surface area contributed by atoms with E-state index in [4.69, 9.17) is 4.74 Å². The molecule has 1 saturated carbocycles. The zero-order chi connectivity index (χ0) is 23.9. The molecule has 7 nitrogen and oxygen atoms in total. The molecule has 0 aromatic heterocycles. The van der Waals surface area contributed by atoms with E-state index >= 15 is 0 Å². The number of likely N-dealkylation sites (tertiary alicyclic amines) is 1. The molecule has 0 bridgehead atoms. The van der Waals surface area contributed by atoms with Crippen molar-refractivity contribution in [3.63, 3.8) is 0 Å². The summed E-state index contributed by atoms with van der Waals surface area (Å²) in [6.45, 7) is 3.94. The Kier molecular flexibility index (Phi) is 7.83. The van der Waals surface area contributed by atoms with Gasteiger partial charge in [-0.05, 0) is 56.4 Å². The van der Waals surface area contributed by atoms with Crippen molar-refractivity contribution >= 4 is 23.4 Å². The fourth-order valence-electron chi connectivity index (χ4n) is 4.38. The first-order chi connectivity index (χ1) is 16.5. The Morgan fingerprint density at radius 3 is 2.41 bits per heavy atom. The highest BCUT2D eigenvalue weighted by atomic mass is 16.5. The molecule has 7 heteroatoms. The highest BCUT2D eigenvalue weighted by Gasteiger charge is 2.30. The van der Waals surface area contributed by atoms with Crippen LogP contribution in [0.2, 0.25) is 0 Å². The van der Waals surface area contributed by atoms with Gasteiger partial charge in [0.2, 0.25) is 5.91 Å². The van der Waals surface area contributed by atoms with Crippen molar-refractivity contribution in [2.45, 2.75) is 45.1 Å². The second-order valence-electron chi connectivity index (χ2n) is 9.06. The van der Waals surface area contributed by atoms with Gasteiger partial charge in [0.05, 0.1) is 0 Å². The third-order valence-corrected chi connectivity index (χ3v) is 6.41. The molecular formula is C27H33N3O4. The van der Waals surface area contributed by atoms with E-state index in [0.717, 1.165) is 32.1 Å². The number of hydrogen-bond donors (Lipinski definition) is 1. The number of nitrogens with one attached hydrogen (secondary N) is 1. The molecular weight excluding hydrogens is 430 g/mol. The Balaban J connectivity index is 1.30. The van der Waals surface area contributed by atoms with Crippen molar-refractivity contribution in [2.24, 2.45) is 5.92 Å². The van der Waals surface area contributed by atoms with E-state index in [1.165, 1.54) is 0 Å². The van der Waals surface area contributed by atoms with E-state index in [2.05, 4.69) is 12.2 Å². The molecule has 1 heterocycles. The Bertz CT molecular complexity index is 998. The van der Waals surface area contributed by atoms with Crippen molar-refractivity contribution in [1.82, 2.24) is 9.80 Å². The summed E-state index contributed by atoms with van der Waals surface area (Å²) in [6, 6.07) is 16.6. The molecule has 0 unspecified atom stereocenters. The monoisotopic (exact) mass is 463 g/mol. The maximum absolute atomic E-state index is 13.1. The van der Waals surface area contributed by atoms with E-state index < -0.39 is 0 Å². The molecule has 2 aromatic rings. The first-order valence-electron chi connectivity index (χ1n) is 12.2. The van der Waals surface area contributed by atoms with Gasteiger partial charge in [-0.2, -0.15) is 0 Å². The summed E-state index contributed by atoms with van der Waals surface area (Å²) in [4.78, 5) is 41.6. The molecule has 2 fully saturated rings. The van der Waals surface area contributed by atoms with Crippen molar-refractivity contribution in [3.8, 4) is 5.75 Å². The lowest BCUT2D eigenvalue weighted by Gasteiger charge is -2.38. The summed E-state index contributed by atoms with van der Waals surface area (Å²) < 4.78 is 5.79. The van der Waals surface area contributed by atoms with Gasteiger partial charge in [0.1, 0.15) is 5.75 Å². The van der Waals surface area contributed by atoms with Gasteiger partial charge in [0.25, 0.3) is 11.8 Å². The van der Waals surface area contributed by atoms with E-state index in [0.29, 0.717) is 36.6 Å². The Morgan fingerprint density at radius 1 is 1.00 bits per heavy atom. The van der Waals surface area contributed by atoms with E-state index in [1.54, 1.807) is 12.1 Å². The van der Waals surface area contributed by atoms with Gasteiger partial charge < -0.3 is 19.9 Å². The van der Waals surface area contributed by atoms with E-state index in [1.807, 2.05) is 52.3 Å². The summed E-state index contributed by atoms with van der Waals surface area (Å²) in [6.07, 6.45) is 4.27. The van der Waals surface area contributed by atoms with Crippen LogP contribution in [0.5, 0.6) is 5.75 Å². The van der Waals surface area contributed by atoms with Crippen LogP contribution in [0.4, 0.5) is 5.69 Å². The molecule has 1 N–H and O–H groups in total. The van der Waals surface area contributed by atoms with Crippen molar-refractivity contribution in [2.75, 3.05) is 31.6 Å². The minimum absolute atomic E-state index is 0.0411. The summed E-state index contributed by atoms with van der Waals surface area (Å²) in [7, 11) is 0. The Morgan fingerprint density at radius 2 is 1.74 bits per heavy atom. The zero-order valence-electron chi connectivity index (χ0n) is 19.7. The van der Waals surface area contributed by atoms with Crippen LogP contribution in [0.1, 0.15) is 49.4 Å². The zero-order valence-corrected chi connectivity index (χ0v) is 19.7. The van der Waals surface area contributed by atoms with Crippen LogP contribution in [0.15, 0.2) is 54.6 Å². The standard InChI is InChI=1S/C27H33N3O4/c1-2-15-30(23-13-16-29(17-14-23)27(33)21-7-4-3-5-8-21)25(31)19-34-24-10-6-9-22(18-24)28-26(32)20-11-12-20/h3-10,18,20,23H,2,11-17,19H2,1H3,(H,28,32). The largest absolute Gasteiger partial charge is 0.484 e. The number of ether oxygens (including phenoxy) is 1. The first kappa shape index (κ1) is 23.8. The summed E-state index contributed by atoms with van der Waals surface area (Å²) in [5.74, 6) is 0.718. The van der Waals surface area contributed by atoms with Gasteiger partial charge in [-0.1, -0.05) is 31.2 Å². The van der Waals surface area contributed by atoms with Gasteiger partial charge in [0, 0.05) is 48.9 Å². The second-order valence-corrected chi connectivity index (χ2v) is 9.06. The number of carbonyl (C=O) groups excluding carboxylic acids is 3. The number of anilines is 1. The molecule has 34 heavy (non-hydrogen) atoms. The smallest absolute Gasteiger partial charge is 0.260 e. The predicted molar refractivity (Wildman–Crippen MR) is 131 cm³/mol. The van der Waals surface area contributed by atoms with Crippen molar-refractivity contribution in [1.29, 1.82) is 0 Å². The maximum atomic E-state index is 13.1. The minimum Gasteiger partial charge on any atom is -0.484 e. The van der Waals surface area contributed by atoms with Crippen molar-refractivity contribution < 1.29 is 19.1 Å². The lowest BCUT2D eigenvalue weighted by Crippen LogP contribution is -2.50.